The number of carbonyl (C=O) groups is 1. The van der Waals surface area contributed by atoms with Crippen molar-refractivity contribution in [3.05, 3.63) is 96.8 Å². The molecule has 0 aliphatic rings. The molecule has 1 heterocycles. The van der Waals surface area contributed by atoms with Crippen LogP contribution in [0.1, 0.15) is 15.9 Å². The largest absolute Gasteiger partial charge is 0.319 e. The summed E-state index contributed by atoms with van der Waals surface area (Å²) in [7, 11) is 0. The number of aromatic nitrogens is 1. The highest BCUT2D eigenvalue weighted by molar-refractivity contribution is 6.36. The summed E-state index contributed by atoms with van der Waals surface area (Å²) in [5.74, 6) is -2.44. The van der Waals surface area contributed by atoms with Gasteiger partial charge in [0.25, 0.3) is 11.5 Å². The van der Waals surface area contributed by atoms with Crippen LogP contribution in [0.25, 0.3) is 0 Å². The molecule has 0 bridgehead atoms. The van der Waals surface area contributed by atoms with Crippen LogP contribution in [-0.2, 0) is 6.54 Å². The van der Waals surface area contributed by atoms with E-state index in [0.29, 0.717) is 21.7 Å². The standard InChI is InChI=1S/C19H11Cl3F2N2O2/c20-13-2-1-3-14(21)12(13)9-26-8-10(6-15(22)19(26)28)18(27)25-17-5-4-11(23)7-16(17)24/h1-8H,9H2,(H,25,27). The van der Waals surface area contributed by atoms with Crippen molar-refractivity contribution in [3.8, 4) is 0 Å². The van der Waals surface area contributed by atoms with Gasteiger partial charge in [-0.2, -0.15) is 0 Å². The first-order chi connectivity index (χ1) is 13.3. The van der Waals surface area contributed by atoms with Gasteiger partial charge in [0, 0.05) is 27.9 Å². The van der Waals surface area contributed by atoms with Gasteiger partial charge in [-0.3, -0.25) is 9.59 Å². The zero-order chi connectivity index (χ0) is 20.4. The SMILES string of the molecule is O=C(Nc1ccc(F)cc1F)c1cc(Cl)c(=O)n(Cc2c(Cl)cccc2Cl)c1. The molecule has 1 amide bonds. The second kappa shape index (κ2) is 8.31. The Morgan fingerprint density at radius 2 is 1.68 bits per heavy atom. The van der Waals surface area contributed by atoms with Crippen LogP contribution in [0.2, 0.25) is 15.1 Å². The second-order valence-electron chi connectivity index (χ2n) is 5.79. The molecule has 0 radical (unpaired) electrons. The second-order valence-corrected chi connectivity index (χ2v) is 7.01. The van der Waals surface area contributed by atoms with E-state index in [1.54, 1.807) is 18.2 Å². The Balaban J connectivity index is 1.95. The molecule has 1 aromatic heterocycles. The highest BCUT2D eigenvalue weighted by Crippen LogP contribution is 2.25. The number of rotatable bonds is 4. The summed E-state index contributed by atoms with van der Waals surface area (Å²) in [4.78, 5) is 24.8. The normalized spacial score (nSPS) is 10.8. The van der Waals surface area contributed by atoms with Gasteiger partial charge in [0.1, 0.15) is 16.7 Å². The molecule has 144 valence electrons. The third-order valence-corrected chi connectivity index (χ3v) is 4.85. The Labute approximate surface area is 173 Å². The van der Waals surface area contributed by atoms with Crippen molar-refractivity contribution < 1.29 is 13.6 Å². The van der Waals surface area contributed by atoms with E-state index in [9.17, 15) is 18.4 Å². The summed E-state index contributed by atoms with van der Waals surface area (Å²) in [6.07, 6.45) is 1.25. The molecule has 3 aromatic rings. The fraction of sp³-hybridized carbons (Fsp3) is 0.0526. The van der Waals surface area contributed by atoms with E-state index in [2.05, 4.69) is 5.32 Å². The molecule has 0 atom stereocenters. The molecule has 0 aliphatic carbocycles. The minimum absolute atomic E-state index is 0.00324. The average Bonchev–Trinajstić information content (AvgIpc) is 2.63. The summed E-state index contributed by atoms with van der Waals surface area (Å²) in [6, 6.07) is 8.78. The first-order valence-corrected chi connectivity index (χ1v) is 8.99. The van der Waals surface area contributed by atoms with Crippen molar-refractivity contribution in [3.63, 3.8) is 0 Å². The Bertz CT molecular complexity index is 1110. The molecule has 3 rings (SSSR count). The van der Waals surface area contributed by atoms with E-state index in [0.717, 1.165) is 18.2 Å². The summed E-state index contributed by atoms with van der Waals surface area (Å²) < 4.78 is 27.9. The number of hydrogen-bond donors (Lipinski definition) is 1. The Morgan fingerprint density at radius 3 is 2.32 bits per heavy atom. The monoisotopic (exact) mass is 442 g/mol. The number of nitrogens with zero attached hydrogens (tertiary/aromatic N) is 1. The number of anilines is 1. The smallest absolute Gasteiger partial charge is 0.269 e. The molecule has 2 aromatic carbocycles. The summed E-state index contributed by atoms with van der Waals surface area (Å²) >= 11 is 18.2. The fourth-order valence-electron chi connectivity index (χ4n) is 2.48. The van der Waals surface area contributed by atoms with Gasteiger partial charge >= 0.3 is 0 Å². The molecule has 0 fully saturated rings. The van der Waals surface area contributed by atoms with Crippen molar-refractivity contribution in [2.24, 2.45) is 0 Å². The van der Waals surface area contributed by atoms with E-state index >= 15 is 0 Å². The molecule has 9 heteroatoms. The number of benzene rings is 2. The van der Waals surface area contributed by atoms with Gasteiger partial charge in [-0.1, -0.05) is 40.9 Å². The number of halogens is 5. The van der Waals surface area contributed by atoms with Gasteiger partial charge in [-0.25, -0.2) is 8.78 Å². The van der Waals surface area contributed by atoms with E-state index in [1.165, 1.54) is 10.8 Å². The van der Waals surface area contributed by atoms with Crippen LogP contribution in [0.15, 0.2) is 53.5 Å². The quantitative estimate of drug-likeness (QED) is 0.588. The van der Waals surface area contributed by atoms with Gasteiger partial charge in [-0.05, 0) is 30.3 Å². The molecule has 4 nitrogen and oxygen atoms in total. The highest BCUT2D eigenvalue weighted by Gasteiger charge is 2.15. The predicted molar refractivity (Wildman–Crippen MR) is 106 cm³/mol. The van der Waals surface area contributed by atoms with Crippen LogP contribution in [0.3, 0.4) is 0 Å². The molecular weight excluding hydrogens is 433 g/mol. The number of pyridine rings is 1. The zero-order valence-electron chi connectivity index (χ0n) is 14.0. The Morgan fingerprint density at radius 1 is 1.00 bits per heavy atom. The Hall–Kier alpha value is -2.41. The molecule has 0 spiro atoms. The van der Waals surface area contributed by atoms with Crippen molar-refractivity contribution in [2.75, 3.05) is 5.32 Å². The van der Waals surface area contributed by atoms with Gasteiger partial charge in [0.15, 0.2) is 0 Å². The average molecular weight is 444 g/mol. The van der Waals surface area contributed by atoms with Gasteiger partial charge in [-0.15, -0.1) is 0 Å². The molecule has 28 heavy (non-hydrogen) atoms. The Kier molecular flexibility index (Phi) is 6.03. The lowest BCUT2D eigenvalue weighted by atomic mass is 10.2. The molecule has 0 saturated heterocycles. The van der Waals surface area contributed by atoms with Crippen molar-refractivity contribution >= 4 is 46.4 Å². The minimum Gasteiger partial charge on any atom is -0.319 e. The number of nitrogens with one attached hydrogen (secondary N) is 1. The summed E-state index contributed by atoms with van der Waals surface area (Å²) in [6.45, 7) is -0.0247. The third kappa shape index (κ3) is 4.35. The summed E-state index contributed by atoms with van der Waals surface area (Å²) in [5.41, 5.74) is -0.292. The molecule has 0 unspecified atom stereocenters. The van der Waals surface area contributed by atoms with Crippen molar-refractivity contribution in [1.82, 2.24) is 4.57 Å². The highest BCUT2D eigenvalue weighted by atomic mass is 35.5. The summed E-state index contributed by atoms with van der Waals surface area (Å²) in [5, 5.41) is 2.79. The maximum Gasteiger partial charge on any atom is 0.269 e. The molecule has 0 saturated carbocycles. The maximum atomic E-state index is 13.8. The van der Waals surface area contributed by atoms with E-state index in [-0.39, 0.29) is 22.8 Å². The third-order valence-electron chi connectivity index (χ3n) is 3.87. The van der Waals surface area contributed by atoms with Crippen LogP contribution in [-0.4, -0.2) is 10.5 Å². The lowest BCUT2D eigenvalue weighted by molar-refractivity contribution is 0.102. The molecule has 1 N–H and O–H groups in total. The van der Waals surface area contributed by atoms with E-state index < -0.39 is 23.1 Å². The van der Waals surface area contributed by atoms with Crippen LogP contribution in [0.4, 0.5) is 14.5 Å². The van der Waals surface area contributed by atoms with Crippen LogP contribution in [0.5, 0.6) is 0 Å². The molecular formula is C19H11Cl3F2N2O2. The number of amides is 1. The van der Waals surface area contributed by atoms with Crippen molar-refractivity contribution in [2.45, 2.75) is 6.54 Å². The van der Waals surface area contributed by atoms with E-state index in [1.807, 2.05) is 0 Å². The first-order valence-electron chi connectivity index (χ1n) is 7.85. The van der Waals surface area contributed by atoms with Crippen molar-refractivity contribution in [1.29, 1.82) is 0 Å². The number of hydrogen-bond acceptors (Lipinski definition) is 2. The number of carbonyl (C=O) groups excluding carboxylic acids is 1. The topological polar surface area (TPSA) is 51.1 Å². The maximum absolute atomic E-state index is 13.8. The van der Waals surface area contributed by atoms with Gasteiger partial charge in [0.2, 0.25) is 0 Å². The zero-order valence-corrected chi connectivity index (χ0v) is 16.2. The predicted octanol–water partition coefficient (Wildman–Crippen LogP) is 5.39. The lowest BCUT2D eigenvalue weighted by Gasteiger charge is -2.12. The first kappa shape index (κ1) is 20.3. The van der Waals surface area contributed by atoms with Crippen LogP contribution in [0, 0.1) is 11.6 Å². The molecule has 0 aliphatic heterocycles. The fourth-order valence-corrected chi connectivity index (χ4v) is 3.22. The minimum atomic E-state index is -0.935. The van der Waals surface area contributed by atoms with Crippen LogP contribution >= 0.6 is 34.8 Å². The lowest BCUT2D eigenvalue weighted by Crippen LogP contribution is -2.24. The van der Waals surface area contributed by atoms with Gasteiger partial charge in [0.05, 0.1) is 17.8 Å². The van der Waals surface area contributed by atoms with Gasteiger partial charge < -0.3 is 9.88 Å². The van der Waals surface area contributed by atoms with Crippen LogP contribution < -0.4 is 10.9 Å². The van der Waals surface area contributed by atoms with E-state index in [4.69, 9.17) is 34.8 Å².